The number of thiophene rings is 1. The van der Waals surface area contributed by atoms with Crippen molar-refractivity contribution in [2.45, 2.75) is 6.04 Å². The molecule has 1 unspecified atom stereocenters. The van der Waals surface area contributed by atoms with E-state index in [1.54, 1.807) is 18.2 Å². The van der Waals surface area contributed by atoms with E-state index >= 15 is 0 Å². The number of hydrogen-bond acceptors (Lipinski definition) is 2. The van der Waals surface area contributed by atoms with Crippen LogP contribution < -0.4 is 5.73 Å². The lowest BCUT2D eigenvalue weighted by Gasteiger charge is -2.11. The lowest BCUT2D eigenvalue weighted by Crippen LogP contribution is -2.11. The highest BCUT2D eigenvalue weighted by Gasteiger charge is 2.16. The molecule has 0 saturated heterocycles. The first-order valence-corrected chi connectivity index (χ1v) is 7.01. The van der Waals surface area contributed by atoms with Gasteiger partial charge in [-0.3, -0.25) is 0 Å². The Kier molecular flexibility index (Phi) is 4.10. The quantitative estimate of drug-likeness (QED) is 0.806. The van der Waals surface area contributed by atoms with Gasteiger partial charge in [-0.15, -0.1) is 11.3 Å². The molecule has 0 aliphatic carbocycles. The van der Waals surface area contributed by atoms with E-state index in [9.17, 15) is 4.39 Å². The summed E-state index contributed by atoms with van der Waals surface area (Å²) in [5.41, 5.74) is 7.59. The highest BCUT2D eigenvalue weighted by atomic mass is 79.9. The van der Waals surface area contributed by atoms with Crippen molar-refractivity contribution in [1.29, 1.82) is 0 Å². The number of hydrogen-bond donors (Lipinski definition) is 1. The van der Waals surface area contributed by atoms with Crippen molar-refractivity contribution < 1.29 is 4.39 Å². The molecule has 2 aromatic rings. The molecule has 0 bridgehead atoms. The Balaban J connectivity index is 2.40. The Morgan fingerprint density at radius 1 is 1.29 bits per heavy atom. The molecule has 2 N–H and O–H groups in total. The first-order valence-electron chi connectivity index (χ1n) is 4.64. The molecule has 0 spiro atoms. The molecule has 0 amide bonds. The van der Waals surface area contributed by atoms with Crippen LogP contribution in [0.25, 0.3) is 0 Å². The van der Waals surface area contributed by atoms with Gasteiger partial charge in [-0.1, -0.05) is 29.3 Å². The van der Waals surface area contributed by atoms with Gasteiger partial charge in [0.05, 0.1) is 19.2 Å². The summed E-state index contributed by atoms with van der Waals surface area (Å²) >= 11 is 16.3. The molecule has 1 aromatic heterocycles. The van der Waals surface area contributed by atoms with E-state index in [-0.39, 0.29) is 5.82 Å². The summed E-state index contributed by atoms with van der Waals surface area (Å²) in [5, 5.41) is 0. The van der Waals surface area contributed by atoms with Crippen LogP contribution in [0.4, 0.5) is 4.39 Å². The van der Waals surface area contributed by atoms with Gasteiger partial charge in [0.25, 0.3) is 0 Å². The summed E-state index contributed by atoms with van der Waals surface area (Å²) in [6, 6.07) is 5.95. The Hall–Kier alpha value is -0.130. The number of rotatable bonds is 2. The lowest BCUT2D eigenvalue weighted by atomic mass is 10.0. The summed E-state index contributed by atoms with van der Waals surface area (Å²) in [6.07, 6.45) is 0. The lowest BCUT2D eigenvalue weighted by molar-refractivity contribution is 0.619. The summed E-state index contributed by atoms with van der Waals surface area (Å²) in [7, 11) is 0. The van der Waals surface area contributed by atoms with Gasteiger partial charge in [-0.2, -0.15) is 0 Å². The molecule has 0 aliphatic rings. The van der Waals surface area contributed by atoms with Gasteiger partial charge in [0.15, 0.2) is 0 Å². The van der Waals surface area contributed by atoms with E-state index in [0.717, 1.165) is 11.1 Å². The topological polar surface area (TPSA) is 26.0 Å². The van der Waals surface area contributed by atoms with E-state index < -0.39 is 6.04 Å². The van der Waals surface area contributed by atoms with E-state index in [0.29, 0.717) is 13.1 Å². The van der Waals surface area contributed by atoms with Gasteiger partial charge in [-0.05, 0) is 39.7 Å². The van der Waals surface area contributed by atoms with Crippen LogP contribution in [0.5, 0.6) is 0 Å². The Bertz CT molecular complexity index is 558. The van der Waals surface area contributed by atoms with Crippen LogP contribution in [0.3, 0.4) is 0 Å². The van der Waals surface area contributed by atoms with E-state index in [1.807, 2.05) is 0 Å². The molecule has 1 aromatic carbocycles. The third-order valence-electron chi connectivity index (χ3n) is 2.32. The fourth-order valence-electron chi connectivity index (χ4n) is 1.45. The third-order valence-corrected chi connectivity index (χ3v) is 4.45. The third kappa shape index (κ3) is 2.83. The van der Waals surface area contributed by atoms with Crippen molar-refractivity contribution in [2.24, 2.45) is 5.73 Å². The maximum absolute atomic E-state index is 13.1. The minimum atomic E-state index is -0.414. The predicted molar refractivity (Wildman–Crippen MR) is 74.5 cm³/mol. The smallest absolute Gasteiger partial charge is 0.137 e. The van der Waals surface area contributed by atoms with Gasteiger partial charge in [0, 0.05) is 5.56 Å². The van der Waals surface area contributed by atoms with Crippen molar-refractivity contribution in [3.63, 3.8) is 0 Å². The second-order valence-corrected chi connectivity index (χ2v) is 6.57. The SMILES string of the molecule is NC(c1ccc(F)c(Br)c1)c1cc(Cl)sc1Cl. The maximum atomic E-state index is 13.1. The van der Waals surface area contributed by atoms with Crippen LogP contribution in [0.1, 0.15) is 17.2 Å². The molecular weight excluding hydrogens is 348 g/mol. The first kappa shape index (κ1) is 13.3. The fourth-order valence-corrected chi connectivity index (χ4v) is 3.40. The van der Waals surface area contributed by atoms with Crippen molar-refractivity contribution in [2.75, 3.05) is 0 Å². The van der Waals surface area contributed by atoms with Gasteiger partial charge in [-0.25, -0.2) is 4.39 Å². The van der Waals surface area contributed by atoms with Crippen LogP contribution in [0.2, 0.25) is 8.67 Å². The monoisotopic (exact) mass is 353 g/mol. The molecule has 90 valence electrons. The van der Waals surface area contributed by atoms with Crippen molar-refractivity contribution in [3.8, 4) is 0 Å². The highest BCUT2D eigenvalue weighted by Crippen LogP contribution is 2.36. The molecule has 1 heterocycles. The van der Waals surface area contributed by atoms with E-state index in [2.05, 4.69) is 15.9 Å². The summed E-state index contributed by atoms with van der Waals surface area (Å²) in [4.78, 5) is 0. The van der Waals surface area contributed by atoms with Gasteiger partial charge >= 0.3 is 0 Å². The van der Waals surface area contributed by atoms with Crippen LogP contribution in [-0.4, -0.2) is 0 Å². The first-order chi connectivity index (χ1) is 7.99. The standard InChI is InChI=1S/C11H7BrCl2FNS/c12-7-3-5(1-2-8(7)15)10(16)6-4-9(13)17-11(6)14/h1-4,10H,16H2. The molecule has 1 atom stereocenters. The molecule has 0 aliphatic heterocycles. The summed E-state index contributed by atoms with van der Waals surface area (Å²) in [5.74, 6) is -0.324. The summed E-state index contributed by atoms with van der Waals surface area (Å²) < 4.78 is 14.6. The number of benzene rings is 1. The molecule has 2 rings (SSSR count). The van der Waals surface area contributed by atoms with E-state index in [4.69, 9.17) is 28.9 Å². The molecule has 17 heavy (non-hydrogen) atoms. The molecular formula is C11H7BrCl2FNS. The van der Waals surface area contributed by atoms with Crippen molar-refractivity contribution in [1.82, 2.24) is 0 Å². The number of nitrogens with two attached hydrogens (primary N) is 1. The van der Waals surface area contributed by atoms with Gasteiger partial charge in [0.1, 0.15) is 5.82 Å². The van der Waals surface area contributed by atoms with Crippen molar-refractivity contribution >= 4 is 50.5 Å². The molecule has 1 nitrogen and oxygen atoms in total. The Labute approximate surface area is 120 Å². The van der Waals surface area contributed by atoms with Crippen LogP contribution in [0.15, 0.2) is 28.7 Å². The van der Waals surface area contributed by atoms with Crippen molar-refractivity contribution in [3.05, 3.63) is 54.4 Å². The maximum Gasteiger partial charge on any atom is 0.137 e. The molecule has 0 saturated carbocycles. The van der Waals surface area contributed by atoms with E-state index in [1.165, 1.54) is 17.4 Å². The average Bonchev–Trinajstić information content (AvgIpc) is 2.61. The minimum Gasteiger partial charge on any atom is -0.320 e. The zero-order valence-corrected chi connectivity index (χ0v) is 12.3. The Morgan fingerprint density at radius 3 is 2.53 bits per heavy atom. The molecule has 0 fully saturated rings. The zero-order chi connectivity index (χ0) is 12.6. The second kappa shape index (κ2) is 5.24. The minimum absolute atomic E-state index is 0.324. The number of halogens is 4. The average molecular weight is 355 g/mol. The molecule has 0 radical (unpaired) electrons. The van der Waals surface area contributed by atoms with Gasteiger partial charge < -0.3 is 5.73 Å². The van der Waals surface area contributed by atoms with Crippen LogP contribution in [-0.2, 0) is 0 Å². The summed E-state index contributed by atoms with van der Waals surface area (Å²) in [6.45, 7) is 0. The van der Waals surface area contributed by atoms with Crippen LogP contribution >= 0.6 is 50.5 Å². The second-order valence-electron chi connectivity index (χ2n) is 3.43. The molecule has 6 heteroatoms. The largest absolute Gasteiger partial charge is 0.320 e. The Morgan fingerprint density at radius 2 is 2.00 bits per heavy atom. The van der Waals surface area contributed by atoms with Crippen LogP contribution in [0, 0.1) is 5.82 Å². The zero-order valence-electron chi connectivity index (χ0n) is 8.38. The predicted octanol–water partition coefficient (Wildman–Crippen LogP) is 5.00. The van der Waals surface area contributed by atoms with Gasteiger partial charge in [0.2, 0.25) is 0 Å². The fraction of sp³-hybridized carbons (Fsp3) is 0.0909. The highest BCUT2D eigenvalue weighted by molar-refractivity contribution is 9.10. The normalized spacial score (nSPS) is 12.8.